The highest BCUT2D eigenvalue weighted by atomic mass is 32.2. The molecular weight excluding hydrogens is 202 g/mol. The van der Waals surface area contributed by atoms with E-state index in [9.17, 15) is 8.42 Å². The summed E-state index contributed by atoms with van der Waals surface area (Å²) in [7, 11) is -1.98. The van der Waals surface area contributed by atoms with Crippen molar-refractivity contribution in [2.75, 3.05) is 20.2 Å². The SMILES string of the molecule is CN(CCO)S(=O)(=O)c1ccccc1. The van der Waals surface area contributed by atoms with Crippen LogP contribution in [-0.4, -0.2) is 38.0 Å². The quantitative estimate of drug-likeness (QED) is 0.786. The summed E-state index contributed by atoms with van der Waals surface area (Å²) < 4.78 is 24.6. The Labute approximate surface area is 83.8 Å². The number of benzene rings is 1. The molecule has 1 aromatic rings. The van der Waals surface area contributed by atoms with E-state index in [1.54, 1.807) is 18.2 Å². The van der Waals surface area contributed by atoms with Crippen molar-refractivity contribution in [2.45, 2.75) is 4.90 Å². The monoisotopic (exact) mass is 215 g/mol. The third kappa shape index (κ3) is 2.31. The summed E-state index contributed by atoms with van der Waals surface area (Å²) in [6.07, 6.45) is 0. The van der Waals surface area contributed by atoms with E-state index in [0.717, 1.165) is 4.31 Å². The van der Waals surface area contributed by atoms with Crippen molar-refractivity contribution in [3.05, 3.63) is 30.3 Å². The minimum absolute atomic E-state index is 0.108. The second-order valence-electron chi connectivity index (χ2n) is 2.86. The smallest absolute Gasteiger partial charge is 0.242 e. The highest BCUT2D eigenvalue weighted by molar-refractivity contribution is 7.89. The fourth-order valence-corrected chi connectivity index (χ4v) is 2.22. The van der Waals surface area contributed by atoms with Gasteiger partial charge in [0.15, 0.2) is 0 Å². The predicted molar refractivity (Wildman–Crippen MR) is 53.3 cm³/mol. The molecule has 1 N–H and O–H groups in total. The van der Waals surface area contributed by atoms with E-state index in [1.165, 1.54) is 19.2 Å². The van der Waals surface area contributed by atoms with Gasteiger partial charge >= 0.3 is 0 Å². The van der Waals surface area contributed by atoms with E-state index in [4.69, 9.17) is 5.11 Å². The zero-order chi connectivity index (χ0) is 10.6. The van der Waals surface area contributed by atoms with Crippen LogP contribution in [0.2, 0.25) is 0 Å². The van der Waals surface area contributed by atoms with Crippen LogP contribution in [0.1, 0.15) is 0 Å². The largest absolute Gasteiger partial charge is 0.395 e. The van der Waals surface area contributed by atoms with Gasteiger partial charge < -0.3 is 5.11 Å². The normalized spacial score (nSPS) is 11.9. The zero-order valence-corrected chi connectivity index (χ0v) is 8.74. The van der Waals surface area contributed by atoms with Crippen molar-refractivity contribution < 1.29 is 13.5 Å². The van der Waals surface area contributed by atoms with Gasteiger partial charge in [-0.2, -0.15) is 4.31 Å². The van der Waals surface area contributed by atoms with Gasteiger partial charge in [-0.25, -0.2) is 8.42 Å². The van der Waals surface area contributed by atoms with Gasteiger partial charge in [-0.15, -0.1) is 0 Å². The summed E-state index contributed by atoms with van der Waals surface area (Å²) >= 11 is 0. The molecule has 0 amide bonds. The lowest BCUT2D eigenvalue weighted by molar-refractivity contribution is 0.266. The Morgan fingerprint density at radius 2 is 1.86 bits per heavy atom. The van der Waals surface area contributed by atoms with Crippen molar-refractivity contribution in [1.29, 1.82) is 0 Å². The number of aliphatic hydroxyl groups is 1. The van der Waals surface area contributed by atoms with Crippen LogP contribution in [0.4, 0.5) is 0 Å². The number of nitrogens with zero attached hydrogens (tertiary/aromatic N) is 1. The predicted octanol–water partition coefficient (Wildman–Crippen LogP) is 0.299. The molecule has 0 aliphatic rings. The fraction of sp³-hybridized carbons (Fsp3) is 0.333. The number of aliphatic hydroxyl groups excluding tert-OH is 1. The molecule has 0 bridgehead atoms. The van der Waals surface area contributed by atoms with Crippen LogP contribution in [0.3, 0.4) is 0 Å². The highest BCUT2D eigenvalue weighted by Crippen LogP contribution is 2.12. The summed E-state index contributed by atoms with van der Waals surface area (Å²) in [5.41, 5.74) is 0. The van der Waals surface area contributed by atoms with Crippen LogP contribution in [0.15, 0.2) is 35.2 Å². The average molecular weight is 215 g/mol. The summed E-state index contributed by atoms with van der Waals surface area (Å²) in [6.45, 7) is -0.0697. The molecule has 0 saturated heterocycles. The third-order valence-corrected chi connectivity index (χ3v) is 3.74. The second-order valence-corrected chi connectivity index (χ2v) is 4.91. The fourth-order valence-electron chi connectivity index (χ4n) is 1.03. The Kier molecular flexibility index (Phi) is 3.62. The Morgan fingerprint density at radius 1 is 1.29 bits per heavy atom. The van der Waals surface area contributed by atoms with E-state index in [0.29, 0.717) is 0 Å². The molecule has 0 radical (unpaired) electrons. The molecule has 0 fully saturated rings. The van der Waals surface area contributed by atoms with Crippen molar-refractivity contribution in [1.82, 2.24) is 4.31 Å². The van der Waals surface area contributed by atoms with Gasteiger partial charge in [0.2, 0.25) is 10.0 Å². The second kappa shape index (κ2) is 4.54. The lowest BCUT2D eigenvalue weighted by Crippen LogP contribution is -2.29. The molecule has 0 atom stereocenters. The maximum Gasteiger partial charge on any atom is 0.242 e. The lowest BCUT2D eigenvalue weighted by atomic mass is 10.4. The van der Waals surface area contributed by atoms with E-state index < -0.39 is 10.0 Å². The molecule has 1 rings (SSSR count). The van der Waals surface area contributed by atoms with E-state index >= 15 is 0 Å². The first-order valence-electron chi connectivity index (χ1n) is 4.21. The van der Waals surface area contributed by atoms with Gasteiger partial charge in [-0.1, -0.05) is 18.2 Å². The van der Waals surface area contributed by atoms with Crippen LogP contribution >= 0.6 is 0 Å². The molecule has 5 heteroatoms. The summed E-state index contributed by atoms with van der Waals surface area (Å²) in [6, 6.07) is 8.15. The van der Waals surface area contributed by atoms with E-state index in [2.05, 4.69) is 0 Å². The topological polar surface area (TPSA) is 57.6 Å². The van der Waals surface area contributed by atoms with Crippen LogP contribution in [-0.2, 0) is 10.0 Å². The first-order valence-corrected chi connectivity index (χ1v) is 5.65. The summed E-state index contributed by atoms with van der Waals surface area (Å²) in [4.78, 5) is 0.246. The van der Waals surface area contributed by atoms with Gasteiger partial charge in [0.25, 0.3) is 0 Å². The van der Waals surface area contributed by atoms with Crippen molar-refractivity contribution in [3.63, 3.8) is 0 Å². The van der Waals surface area contributed by atoms with Crippen molar-refractivity contribution >= 4 is 10.0 Å². The number of sulfonamides is 1. The molecule has 1 aromatic carbocycles. The zero-order valence-electron chi connectivity index (χ0n) is 7.92. The molecule has 14 heavy (non-hydrogen) atoms. The lowest BCUT2D eigenvalue weighted by Gasteiger charge is -2.15. The van der Waals surface area contributed by atoms with Crippen molar-refractivity contribution in [3.8, 4) is 0 Å². The minimum Gasteiger partial charge on any atom is -0.395 e. The first kappa shape index (κ1) is 11.2. The molecule has 0 spiro atoms. The van der Waals surface area contributed by atoms with Gasteiger partial charge in [0.05, 0.1) is 11.5 Å². The molecule has 0 unspecified atom stereocenters. The maximum absolute atomic E-state index is 11.7. The van der Waals surface area contributed by atoms with Gasteiger partial charge in [0.1, 0.15) is 0 Å². The number of hydrogen-bond donors (Lipinski definition) is 1. The van der Waals surface area contributed by atoms with Crippen LogP contribution < -0.4 is 0 Å². The Balaban J connectivity index is 2.97. The standard InChI is InChI=1S/C9H13NO3S/c1-10(7-8-11)14(12,13)9-5-3-2-4-6-9/h2-6,11H,7-8H2,1H3. The van der Waals surface area contributed by atoms with Crippen LogP contribution in [0.5, 0.6) is 0 Å². The molecule has 0 heterocycles. The number of likely N-dealkylation sites (N-methyl/N-ethyl adjacent to an activating group) is 1. The van der Waals surface area contributed by atoms with Gasteiger partial charge in [-0.3, -0.25) is 0 Å². The molecule has 4 nitrogen and oxygen atoms in total. The molecule has 0 aliphatic heterocycles. The molecule has 0 aliphatic carbocycles. The van der Waals surface area contributed by atoms with E-state index in [1.807, 2.05) is 0 Å². The minimum atomic E-state index is -3.43. The summed E-state index contributed by atoms with van der Waals surface area (Å²) in [5, 5.41) is 8.64. The van der Waals surface area contributed by atoms with E-state index in [-0.39, 0.29) is 18.0 Å². The number of rotatable bonds is 4. The Bertz CT molecular complexity index is 374. The maximum atomic E-state index is 11.7. The molecular formula is C9H13NO3S. The Morgan fingerprint density at radius 3 is 2.36 bits per heavy atom. The van der Waals surface area contributed by atoms with Crippen molar-refractivity contribution in [2.24, 2.45) is 0 Å². The third-order valence-electron chi connectivity index (χ3n) is 1.87. The molecule has 0 aromatic heterocycles. The van der Waals surface area contributed by atoms with Gasteiger partial charge in [0, 0.05) is 13.6 Å². The number of hydrogen-bond acceptors (Lipinski definition) is 3. The van der Waals surface area contributed by atoms with Crippen LogP contribution in [0, 0.1) is 0 Å². The van der Waals surface area contributed by atoms with Gasteiger partial charge in [-0.05, 0) is 12.1 Å². The molecule has 0 saturated carbocycles. The summed E-state index contributed by atoms with van der Waals surface area (Å²) in [5.74, 6) is 0. The Hall–Kier alpha value is -0.910. The first-order chi connectivity index (χ1) is 6.59. The average Bonchev–Trinajstić information content (AvgIpc) is 2.19. The van der Waals surface area contributed by atoms with Crippen LogP contribution in [0.25, 0.3) is 0 Å². The molecule has 78 valence electrons. The highest BCUT2D eigenvalue weighted by Gasteiger charge is 2.18.